The summed E-state index contributed by atoms with van der Waals surface area (Å²) in [7, 11) is 1.97. The van der Waals surface area contributed by atoms with Gasteiger partial charge >= 0.3 is 0 Å². The highest BCUT2D eigenvalue weighted by Gasteiger charge is 2.16. The predicted octanol–water partition coefficient (Wildman–Crippen LogP) is 3.52. The molecule has 0 amide bonds. The van der Waals surface area contributed by atoms with Crippen LogP contribution >= 0.6 is 27.3 Å². The van der Waals surface area contributed by atoms with Gasteiger partial charge in [0.25, 0.3) is 0 Å². The highest BCUT2D eigenvalue weighted by molar-refractivity contribution is 9.10. The van der Waals surface area contributed by atoms with Gasteiger partial charge in [0.15, 0.2) is 0 Å². The molecular weight excluding hydrogens is 284 g/mol. The number of thiophene rings is 1. The lowest BCUT2D eigenvalue weighted by Gasteiger charge is -2.15. The quantitative estimate of drug-likeness (QED) is 0.937. The Morgan fingerprint density at radius 1 is 1.38 bits per heavy atom. The van der Waals surface area contributed by atoms with E-state index in [2.05, 4.69) is 44.6 Å². The summed E-state index contributed by atoms with van der Waals surface area (Å²) in [4.78, 5) is 5.77. The van der Waals surface area contributed by atoms with Crippen LogP contribution in [0.1, 0.15) is 22.2 Å². The van der Waals surface area contributed by atoms with Gasteiger partial charge in [0, 0.05) is 15.5 Å². The van der Waals surface area contributed by atoms with Crippen molar-refractivity contribution in [2.75, 3.05) is 7.05 Å². The van der Waals surface area contributed by atoms with E-state index in [0.29, 0.717) is 0 Å². The van der Waals surface area contributed by atoms with Gasteiger partial charge in [-0.05, 0) is 59.0 Å². The zero-order chi connectivity index (χ0) is 11.5. The molecule has 0 spiro atoms. The molecule has 0 radical (unpaired) electrons. The second-order valence-corrected chi connectivity index (χ2v) is 5.45. The molecule has 1 N–H and O–H groups in total. The summed E-state index contributed by atoms with van der Waals surface area (Å²) < 4.78 is 1.01. The van der Waals surface area contributed by atoms with E-state index in [0.717, 1.165) is 10.2 Å². The SMILES string of the molecule is CNC(c1ccc(Br)cn1)c1sccc1C. The molecule has 1 atom stereocenters. The molecule has 0 saturated carbocycles. The van der Waals surface area contributed by atoms with E-state index in [4.69, 9.17) is 0 Å². The van der Waals surface area contributed by atoms with Gasteiger partial charge in [-0.3, -0.25) is 4.98 Å². The van der Waals surface area contributed by atoms with E-state index >= 15 is 0 Å². The van der Waals surface area contributed by atoms with Crippen LogP contribution in [0.25, 0.3) is 0 Å². The molecule has 2 aromatic heterocycles. The third-order valence-electron chi connectivity index (χ3n) is 2.50. The van der Waals surface area contributed by atoms with E-state index in [1.807, 2.05) is 25.4 Å². The van der Waals surface area contributed by atoms with E-state index in [1.165, 1.54) is 10.4 Å². The first-order chi connectivity index (χ1) is 7.72. The third kappa shape index (κ3) is 2.34. The molecule has 4 heteroatoms. The number of pyridine rings is 1. The maximum absolute atomic E-state index is 4.44. The normalized spacial score (nSPS) is 12.7. The highest BCUT2D eigenvalue weighted by atomic mass is 79.9. The Hall–Kier alpha value is -0.710. The Balaban J connectivity index is 2.37. The molecule has 0 bridgehead atoms. The molecule has 0 aliphatic rings. The average Bonchev–Trinajstić information content (AvgIpc) is 2.69. The first kappa shape index (κ1) is 11.8. The largest absolute Gasteiger partial charge is 0.307 e. The minimum atomic E-state index is 0.188. The molecule has 1 unspecified atom stereocenters. The number of nitrogens with zero attached hydrogens (tertiary/aromatic N) is 1. The van der Waals surface area contributed by atoms with Crippen LogP contribution in [0, 0.1) is 6.92 Å². The Morgan fingerprint density at radius 2 is 2.19 bits per heavy atom. The molecule has 0 saturated heterocycles. The van der Waals surface area contributed by atoms with Gasteiger partial charge in [0.1, 0.15) is 0 Å². The van der Waals surface area contributed by atoms with Crippen molar-refractivity contribution in [3.63, 3.8) is 0 Å². The van der Waals surface area contributed by atoms with Crippen LogP contribution in [0.15, 0.2) is 34.2 Å². The fourth-order valence-corrected chi connectivity index (χ4v) is 2.93. The molecule has 2 aromatic rings. The van der Waals surface area contributed by atoms with Crippen LogP contribution in [-0.4, -0.2) is 12.0 Å². The van der Waals surface area contributed by atoms with Gasteiger partial charge in [-0.25, -0.2) is 0 Å². The second kappa shape index (κ2) is 5.08. The van der Waals surface area contributed by atoms with Crippen LogP contribution < -0.4 is 5.32 Å². The van der Waals surface area contributed by atoms with E-state index < -0.39 is 0 Å². The Bertz CT molecular complexity index is 464. The minimum absolute atomic E-state index is 0.188. The maximum Gasteiger partial charge on any atom is 0.0845 e. The van der Waals surface area contributed by atoms with Crippen molar-refractivity contribution in [1.29, 1.82) is 0 Å². The molecule has 0 aromatic carbocycles. The van der Waals surface area contributed by atoms with Crippen molar-refractivity contribution in [3.8, 4) is 0 Å². The molecule has 0 aliphatic heterocycles. The summed E-state index contributed by atoms with van der Waals surface area (Å²) >= 11 is 5.17. The Kier molecular flexibility index (Phi) is 3.74. The monoisotopic (exact) mass is 296 g/mol. The number of aromatic nitrogens is 1. The Morgan fingerprint density at radius 3 is 2.69 bits per heavy atom. The standard InChI is InChI=1S/C12H13BrN2S/c1-8-5-6-16-12(8)11(14-2)10-4-3-9(13)7-15-10/h3-7,11,14H,1-2H3. The summed E-state index contributed by atoms with van der Waals surface area (Å²) in [5, 5.41) is 5.43. The van der Waals surface area contributed by atoms with Crippen LogP contribution in [0.5, 0.6) is 0 Å². The number of hydrogen-bond donors (Lipinski definition) is 1. The van der Waals surface area contributed by atoms with Crippen molar-refractivity contribution in [3.05, 3.63) is 50.4 Å². The van der Waals surface area contributed by atoms with Crippen molar-refractivity contribution in [2.24, 2.45) is 0 Å². The van der Waals surface area contributed by atoms with Gasteiger partial charge in [-0.1, -0.05) is 0 Å². The fraction of sp³-hybridized carbons (Fsp3) is 0.250. The van der Waals surface area contributed by atoms with Gasteiger partial charge in [-0.15, -0.1) is 11.3 Å². The lowest BCUT2D eigenvalue weighted by molar-refractivity contribution is 0.678. The van der Waals surface area contributed by atoms with Gasteiger partial charge in [0.2, 0.25) is 0 Å². The molecule has 2 nitrogen and oxygen atoms in total. The lowest BCUT2D eigenvalue weighted by Crippen LogP contribution is -2.18. The van der Waals surface area contributed by atoms with Gasteiger partial charge in [-0.2, -0.15) is 0 Å². The van der Waals surface area contributed by atoms with E-state index in [-0.39, 0.29) is 6.04 Å². The zero-order valence-electron chi connectivity index (χ0n) is 9.20. The first-order valence-corrected chi connectivity index (χ1v) is 6.72. The summed E-state index contributed by atoms with van der Waals surface area (Å²) in [6, 6.07) is 6.40. The van der Waals surface area contributed by atoms with Crippen molar-refractivity contribution < 1.29 is 0 Å². The average molecular weight is 297 g/mol. The van der Waals surface area contributed by atoms with Crippen molar-refractivity contribution >= 4 is 27.3 Å². The summed E-state index contributed by atoms with van der Waals surface area (Å²) in [6.07, 6.45) is 1.84. The van der Waals surface area contributed by atoms with E-state index in [9.17, 15) is 0 Å². The topological polar surface area (TPSA) is 24.9 Å². The van der Waals surface area contributed by atoms with Crippen LogP contribution in [-0.2, 0) is 0 Å². The minimum Gasteiger partial charge on any atom is -0.307 e. The summed E-state index contributed by atoms with van der Waals surface area (Å²) in [6.45, 7) is 2.13. The van der Waals surface area contributed by atoms with Crippen molar-refractivity contribution in [1.82, 2.24) is 10.3 Å². The predicted molar refractivity (Wildman–Crippen MR) is 71.9 cm³/mol. The molecule has 0 aliphatic carbocycles. The van der Waals surface area contributed by atoms with Crippen molar-refractivity contribution in [2.45, 2.75) is 13.0 Å². The highest BCUT2D eigenvalue weighted by Crippen LogP contribution is 2.28. The number of halogens is 1. The van der Waals surface area contributed by atoms with Gasteiger partial charge < -0.3 is 5.32 Å². The molecule has 84 valence electrons. The summed E-state index contributed by atoms with van der Waals surface area (Å²) in [5.41, 5.74) is 2.37. The zero-order valence-corrected chi connectivity index (χ0v) is 11.6. The van der Waals surface area contributed by atoms with Crippen LogP contribution in [0.2, 0.25) is 0 Å². The third-order valence-corrected chi connectivity index (χ3v) is 4.05. The molecular formula is C12H13BrN2S. The number of rotatable bonds is 3. The fourth-order valence-electron chi connectivity index (χ4n) is 1.65. The van der Waals surface area contributed by atoms with Crippen LogP contribution in [0.4, 0.5) is 0 Å². The van der Waals surface area contributed by atoms with Crippen LogP contribution in [0.3, 0.4) is 0 Å². The van der Waals surface area contributed by atoms with E-state index in [1.54, 1.807) is 11.3 Å². The number of nitrogens with one attached hydrogen (secondary N) is 1. The van der Waals surface area contributed by atoms with Gasteiger partial charge in [0.05, 0.1) is 11.7 Å². The summed E-state index contributed by atoms with van der Waals surface area (Å²) in [5.74, 6) is 0. The lowest BCUT2D eigenvalue weighted by atomic mass is 10.1. The maximum atomic E-state index is 4.44. The second-order valence-electron chi connectivity index (χ2n) is 3.59. The smallest absolute Gasteiger partial charge is 0.0845 e. The first-order valence-electron chi connectivity index (χ1n) is 5.05. The molecule has 2 rings (SSSR count). The molecule has 0 fully saturated rings. The Labute approximate surface area is 108 Å². The molecule has 16 heavy (non-hydrogen) atoms. The molecule has 2 heterocycles. The number of aryl methyl sites for hydroxylation is 1. The number of hydrogen-bond acceptors (Lipinski definition) is 3.